The number of pyridine rings is 1. The van der Waals surface area contributed by atoms with Crippen molar-refractivity contribution in [3.05, 3.63) is 120 Å². The van der Waals surface area contributed by atoms with E-state index in [-0.39, 0.29) is 18.8 Å². The number of halogens is 1. The number of nitrogens with one attached hydrogen (secondary N) is 1. The molecule has 4 aromatic rings. The molecule has 0 saturated carbocycles. The van der Waals surface area contributed by atoms with E-state index in [4.69, 9.17) is 0 Å². The van der Waals surface area contributed by atoms with Gasteiger partial charge in [-0.05, 0) is 54.8 Å². The quantitative estimate of drug-likeness (QED) is 0.268. The molecule has 0 aliphatic rings. The van der Waals surface area contributed by atoms with Crippen molar-refractivity contribution in [2.75, 3.05) is 11.4 Å². The number of amides is 2. The zero-order chi connectivity index (χ0) is 27.7. The summed E-state index contributed by atoms with van der Waals surface area (Å²) in [4.78, 5) is 32.8. The highest BCUT2D eigenvalue weighted by atomic mass is 35.5. The van der Waals surface area contributed by atoms with Crippen molar-refractivity contribution in [3.63, 3.8) is 0 Å². The molecule has 0 spiro atoms. The van der Waals surface area contributed by atoms with E-state index in [1.807, 2.05) is 30.3 Å². The molecule has 2 aromatic heterocycles. The molecule has 1 N–H and O–H groups in total. The second-order valence-corrected chi connectivity index (χ2v) is 10.3. The number of nitrogens with zero attached hydrogens (tertiary/aromatic N) is 4. The molecule has 0 aliphatic carbocycles. The summed E-state index contributed by atoms with van der Waals surface area (Å²) in [6.45, 7) is 2.51. The highest BCUT2D eigenvalue weighted by molar-refractivity contribution is 7.93. The minimum absolute atomic E-state index is 0. The molecule has 1 atom stereocenters. The first kappa shape index (κ1) is 30.3. The number of para-hydroxylation sites is 1. The highest BCUT2D eigenvalue weighted by Crippen LogP contribution is 2.20. The molecule has 11 heteroatoms. The van der Waals surface area contributed by atoms with Gasteiger partial charge in [0.2, 0.25) is 11.8 Å². The first-order chi connectivity index (χ1) is 18.8. The van der Waals surface area contributed by atoms with Gasteiger partial charge in [-0.2, -0.15) is 5.10 Å². The summed E-state index contributed by atoms with van der Waals surface area (Å²) in [6.07, 6.45) is 6.34. The zero-order valence-corrected chi connectivity index (χ0v) is 23.5. The Morgan fingerprint density at radius 3 is 2.33 bits per heavy atom. The van der Waals surface area contributed by atoms with Crippen LogP contribution in [-0.2, 0) is 32.6 Å². The van der Waals surface area contributed by atoms with Crippen LogP contribution in [0.25, 0.3) is 6.08 Å². The standard InChI is InChI=1S/C29H29N5O4S.ClH/c1-2-34(26-14-7-4-8-15-26)29(36)27(19-24-20-31-33(21-24)22-25-13-9-10-17-30-25)28(35)32-39(37,38)18-16-23-11-5-3-6-12-23;/h3-18,20-21,27H,2,19,22H2,1H3,(H,32,35);1H/b18-16+;. The van der Waals surface area contributed by atoms with E-state index < -0.39 is 27.8 Å². The Balaban J connectivity index is 0.00000441. The third-order valence-electron chi connectivity index (χ3n) is 5.92. The Bertz CT molecular complexity index is 1530. The normalized spacial score (nSPS) is 11.9. The minimum Gasteiger partial charge on any atom is -0.312 e. The Morgan fingerprint density at radius 1 is 1.00 bits per heavy atom. The second-order valence-electron chi connectivity index (χ2n) is 8.77. The molecule has 0 bridgehead atoms. The lowest BCUT2D eigenvalue weighted by molar-refractivity contribution is -0.132. The van der Waals surface area contributed by atoms with Crippen LogP contribution in [-0.4, -0.2) is 41.5 Å². The van der Waals surface area contributed by atoms with Crippen LogP contribution in [0.5, 0.6) is 0 Å². The average molecular weight is 580 g/mol. The topological polar surface area (TPSA) is 114 Å². The number of benzene rings is 2. The molecular weight excluding hydrogens is 550 g/mol. The number of hydrogen-bond acceptors (Lipinski definition) is 6. The minimum atomic E-state index is -4.16. The molecule has 2 aromatic carbocycles. The van der Waals surface area contributed by atoms with E-state index in [1.165, 1.54) is 11.0 Å². The molecule has 0 radical (unpaired) electrons. The van der Waals surface area contributed by atoms with Gasteiger partial charge in [-0.1, -0.05) is 54.6 Å². The number of sulfonamides is 1. The molecule has 0 fully saturated rings. The Labute approximate surface area is 240 Å². The Hall–Kier alpha value is -4.28. The van der Waals surface area contributed by atoms with Gasteiger partial charge in [0.05, 0.1) is 23.8 Å². The van der Waals surface area contributed by atoms with Gasteiger partial charge in [-0.15, -0.1) is 12.4 Å². The number of hydrogen-bond donors (Lipinski definition) is 1. The molecule has 208 valence electrons. The van der Waals surface area contributed by atoms with Crippen LogP contribution >= 0.6 is 12.4 Å². The summed E-state index contributed by atoms with van der Waals surface area (Å²) >= 11 is 0. The van der Waals surface area contributed by atoms with E-state index in [1.54, 1.807) is 78.7 Å². The Morgan fingerprint density at radius 2 is 1.68 bits per heavy atom. The molecule has 9 nitrogen and oxygen atoms in total. The second kappa shape index (κ2) is 14.2. The van der Waals surface area contributed by atoms with Gasteiger partial charge in [-0.3, -0.25) is 19.3 Å². The van der Waals surface area contributed by atoms with Gasteiger partial charge >= 0.3 is 0 Å². The number of rotatable bonds is 11. The lowest BCUT2D eigenvalue weighted by Gasteiger charge is -2.25. The lowest BCUT2D eigenvalue weighted by atomic mass is 9.99. The average Bonchev–Trinajstić information content (AvgIpc) is 3.39. The van der Waals surface area contributed by atoms with Crippen molar-refractivity contribution in [1.82, 2.24) is 19.5 Å². The maximum absolute atomic E-state index is 13.7. The molecule has 0 saturated heterocycles. The fourth-order valence-corrected chi connectivity index (χ4v) is 4.85. The molecule has 2 amide bonds. The first-order valence-electron chi connectivity index (χ1n) is 12.4. The van der Waals surface area contributed by atoms with Crippen LogP contribution in [0.15, 0.2) is 103 Å². The van der Waals surface area contributed by atoms with Crippen molar-refractivity contribution < 1.29 is 18.0 Å². The van der Waals surface area contributed by atoms with Crippen molar-refractivity contribution in [2.45, 2.75) is 19.9 Å². The SMILES string of the molecule is CCN(C(=O)C(Cc1cnn(Cc2ccccn2)c1)C(=O)NS(=O)(=O)/C=C/c1ccccc1)c1ccccc1.Cl. The largest absolute Gasteiger partial charge is 0.312 e. The first-order valence-corrected chi connectivity index (χ1v) is 14.0. The molecule has 40 heavy (non-hydrogen) atoms. The monoisotopic (exact) mass is 579 g/mol. The zero-order valence-electron chi connectivity index (χ0n) is 21.8. The number of carbonyl (C=O) groups excluding carboxylic acids is 2. The molecule has 0 aliphatic heterocycles. The highest BCUT2D eigenvalue weighted by Gasteiger charge is 2.33. The van der Waals surface area contributed by atoms with Gasteiger partial charge in [0.1, 0.15) is 5.92 Å². The summed E-state index contributed by atoms with van der Waals surface area (Å²) in [5, 5.41) is 5.25. The van der Waals surface area contributed by atoms with Crippen molar-refractivity contribution in [2.24, 2.45) is 5.92 Å². The third-order valence-corrected chi connectivity index (χ3v) is 6.90. The fraction of sp³-hybridized carbons (Fsp3) is 0.172. The van der Waals surface area contributed by atoms with Gasteiger partial charge in [0.25, 0.3) is 10.0 Å². The van der Waals surface area contributed by atoms with Crippen molar-refractivity contribution in [3.8, 4) is 0 Å². The van der Waals surface area contributed by atoms with Gasteiger partial charge in [0.15, 0.2) is 0 Å². The van der Waals surface area contributed by atoms with Crippen LogP contribution in [0.1, 0.15) is 23.7 Å². The van der Waals surface area contributed by atoms with E-state index in [2.05, 4.69) is 14.8 Å². The van der Waals surface area contributed by atoms with E-state index in [0.29, 0.717) is 29.9 Å². The number of carbonyl (C=O) groups is 2. The fourth-order valence-electron chi connectivity index (χ4n) is 4.02. The number of aromatic nitrogens is 3. The summed E-state index contributed by atoms with van der Waals surface area (Å²) in [7, 11) is -4.16. The predicted octanol–water partition coefficient (Wildman–Crippen LogP) is 4.08. The molecule has 2 heterocycles. The summed E-state index contributed by atoms with van der Waals surface area (Å²) in [6, 6.07) is 23.3. The van der Waals surface area contributed by atoms with Crippen LogP contribution in [0.4, 0.5) is 5.69 Å². The smallest absolute Gasteiger partial charge is 0.257 e. The molecule has 1 unspecified atom stereocenters. The molecular formula is C29H30ClN5O4S. The third kappa shape index (κ3) is 8.36. The molecule has 4 rings (SSSR count). The van der Waals surface area contributed by atoms with Gasteiger partial charge < -0.3 is 4.90 Å². The van der Waals surface area contributed by atoms with Crippen LogP contribution in [0.2, 0.25) is 0 Å². The lowest BCUT2D eigenvalue weighted by Crippen LogP contribution is -2.46. The van der Waals surface area contributed by atoms with Crippen LogP contribution in [0, 0.1) is 5.92 Å². The number of anilines is 1. The predicted molar refractivity (Wildman–Crippen MR) is 157 cm³/mol. The van der Waals surface area contributed by atoms with Crippen molar-refractivity contribution in [1.29, 1.82) is 0 Å². The summed E-state index contributed by atoms with van der Waals surface area (Å²) in [5.74, 6) is -2.73. The maximum atomic E-state index is 13.7. The van der Waals surface area contributed by atoms with Crippen LogP contribution < -0.4 is 9.62 Å². The van der Waals surface area contributed by atoms with E-state index in [9.17, 15) is 18.0 Å². The van der Waals surface area contributed by atoms with Crippen LogP contribution in [0.3, 0.4) is 0 Å². The summed E-state index contributed by atoms with van der Waals surface area (Å²) in [5.41, 5.74) is 2.68. The van der Waals surface area contributed by atoms with Gasteiger partial charge in [-0.25, -0.2) is 13.1 Å². The van der Waals surface area contributed by atoms with Crippen molar-refractivity contribution >= 4 is 46.0 Å². The summed E-state index contributed by atoms with van der Waals surface area (Å²) < 4.78 is 29.2. The van der Waals surface area contributed by atoms with E-state index >= 15 is 0 Å². The van der Waals surface area contributed by atoms with E-state index in [0.717, 1.165) is 11.1 Å². The van der Waals surface area contributed by atoms with Gasteiger partial charge in [0, 0.05) is 24.6 Å². The Kier molecular flexibility index (Phi) is 10.7. The maximum Gasteiger partial charge on any atom is 0.257 e.